The first-order valence-corrected chi connectivity index (χ1v) is 7.72. The summed E-state index contributed by atoms with van der Waals surface area (Å²) in [6.07, 6.45) is 0. The van der Waals surface area contributed by atoms with Gasteiger partial charge in [0.1, 0.15) is 0 Å². The summed E-state index contributed by atoms with van der Waals surface area (Å²) in [7, 11) is 1.55. The van der Waals surface area contributed by atoms with Crippen molar-refractivity contribution in [3.05, 3.63) is 46.7 Å². The third-order valence-corrected chi connectivity index (χ3v) is 4.14. The summed E-state index contributed by atoms with van der Waals surface area (Å²) in [5.41, 5.74) is 2.15. The zero-order valence-electron chi connectivity index (χ0n) is 14.0. The van der Waals surface area contributed by atoms with Crippen LogP contribution in [0.5, 0.6) is 0 Å². The second-order valence-electron chi connectivity index (χ2n) is 6.03. The predicted molar refractivity (Wildman–Crippen MR) is 87.2 cm³/mol. The molecule has 23 heavy (non-hydrogen) atoms. The monoisotopic (exact) mass is 317 g/mol. The number of methoxy groups -OCH3 is 1. The van der Waals surface area contributed by atoms with E-state index in [2.05, 4.69) is 13.8 Å². The van der Waals surface area contributed by atoms with Crippen LogP contribution < -0.4 is 0 Å². The van der Waals surface area contributed by atoms with Crippen molar-refractivity contribution in [3.63, 3.8) is 0 Å². The molecule has 5 nitrogen and oxygen atoms in total. The number of nitrogens with zero attached hydrogens (tertiary/aromatic N) is 1. The van der Waals surface area contributed by atoms with E-state index in [9.17, 15) is 14.7 Å². The molecule has 1 aliphatic heterocycles. The van der Waals surface area contributed by atoms with Crippen LogP contribution in [0.1, 0.15) is 43.9 Å². The number of ketones is 1. The summed E-state index contributed by atoms with van der Waals surface area (Å²) in [6.45, 7) is 6.23. The number of Topliss-reactive ketones (excluding diaryl/α,β-unsaturated/α-hetero) is 1. The van der Waals surface area contributed by atoms with Gasteiger partial charge in [-0.15, -0.1) is 0 Å². The van der Waals surface area contributed by atoms with Gasteiger partial charge in [0.05, 0.1) is 18.2 Å². The second-order valence-corrected chi connectivity index (χ2v) is 6.03. The summed E-state index contributed by atoms with van der Waals surface area (Å²) >= 11 is 0. The lowest BCUT2D eigenvalue weighted by Gasteiger charge is -2.26. The van der Waals surface area contributed by atoms with E-state index in [1.54, 1.807) is 7.11 Å². The number of amides is 1. The molecule has 1 aromatic carbocycles. The normalized spacial score (nSPS) is 18.2. The molecule has 5 heteroatoms. The van der Waals surface area contributed by atoms with E-state index in [-0.39, 0.29) is 11.4 Å². The second kappa shape index (κ2) is 6.96. The molecule has 1 N–H and O–H groups in total. The van der Waals surface area contributed by atoms with Crippen molar-refractivity contribution in [2.45, 2.75) is 32.7 Å². The van der Waals surface area contributed by atoms with E-state index in [1.165, 1.54) is 17.4 Å². The maximum Gasteiger partial charge on any atom is 0.290 e. The molecule has 0 saturated heterocycles. The van der Waals surface area contributed by atoms with Crippen molar-refractivity contribution >= 4 is 11.7 Å². The largest absolute Gasteiger partial charge is 0.503 e. The Bertz CT molecular complexity index is 631. The summed E-state index contributed by atoms with van der Waals surface area (Å²) in [5, 5.41) is 10.1. The van der Waals surface area contributed by atoms with Crippen LogP contribution in [-0.4, -0.2) is 42.0 Å². The number of carbonyl (C=O) groups excluding carboxylic acids is 2. The molecule has 0 radical (unpaired) electrons. The first kappa shape index (κ1) is 17.2. The van der Waals surface area contributed by atoms with Gasteiger partial charge in [-0.25, -0.2) is 0 Å². The smallest absolute Gasteiger partial charge is 0.290 e. The van der Waals surface area contributed by atoms with E-state index in [4.69, 9.17) is 4.74 Å². The Labute approximate surface area is 136 Å². The zero-order chi connectivity index (χ0) is 17.1. The van der Waals surface area contributed by atoms with Crippen molar-refractivity contribution in [1.29, 1.82) is 0 Å². The Hall–Kier alpha value is -2.14. The number of aliphatic hydroxyl groups excluding tert-OH is 1. The highest BCUT2D eigenvalue weighted by atomic mass is 16.5. The minimum Gasteiger partial charge on any atom is -0.503 e. The summed E-state index contributed by atoms with van der Waals surface area (Å²) < 4.78 is 5.04. The molecule has 1 heterocycles. The minimum atomic E-state index is -0.559. The fourth-order valence-corrected chi connectivity index (χ4v) is 2.84. The van der Waals surface area contributed by atoms with Gasteiger partial charge in [0.25, 0.3) is 5.91 Å². The Morgan fingerprint density at radius 3 is 2.39 bits per heavy atom. The van der Waals surface area contributed by atoms with Crippen LogP contribution in [0.3, 0.4) is 0 Å². The minimum absolute atomic E-state index is 0.156. The van der Waals surface area contributed by atoms with E-state index >= 15 is 0 Å². The molecule has 0 saturated carbocycles. The molecule has 0 bridgehead atoms. The van der Waals surface area contributed by atoms with Gasteiger partial charge in [0, 0.05) is 13.7 Å². The molecule has 1 atom stereocenters. The van der Waals surface area contributed by atoms with Crippen molar-refractivity contribution < 1.29 is 19.4 Å². The van der Waals surface area contributed by atoms with Crippen LogP contribution in [0, 0.1) is 0 Å². The topological polar surface area (TPSA) is 66.8 Å². The molecule has 1 amide bonds. The highest BCUT2D eigenvalue weighted by Gasteiger charge is 2.41. The molecular formula is C18H23NO4. The Balaban J connectivity index is 2.43. The lowest BCUT2D eigenvalue weighted by Crippen LogP contribution is -2.33. The lowest BCUT2D eigenvalue weighted by molar-refractivity contribution is -0.130. The highest BCUT2D eigenvalue weighted by Crippen LogP contribution is 2.37. The number of hydrogen-bond donors (Lipinski definition) is 1. The average Bonchev–Trinajstić information content (AvgIpc) is 2.77. The SMILES string of the molecule is COCCN1C(=O)C(O)=C(C(C)=O)[C@@H]1c1ccc(C(C)C)cc1. The van der Waals surface area contributed by atoms with Crippen molar-refractivity contribution in [3.8, 4) is 0 Å². The van der Waals surface area contributed by atoms with Crippen LogP contribution in [0.25, 0.3) is 0 Å². The molecule has 1 aliphatic rings. The van der Waals surface area contributed by atoms with Crippen molar-refractivity contribution in [1.82, 2.24) is 4.90 Å². The van der Waals surface area contributed by atoms with Crippen LogP contribution in [0.4, 0.5) is 0 Å². The first-order chi connectivity index (χ1) is 10.9. The third kappa shape index (κ3) is 3.29. The molecule has 0 aliphatic carbocycles. The van der Waals surface area contributed by atoms with Gasteiger partial charge in [-0.05, 0) is 24.0 Å². The molecular weight excluding hydrogens is 294 g/mol. The molecule has 2 rings (SSSR count). The average molecular weight is 317 g/mol. The predicted octanol–water partition coefficient (Wildman–Crippen LogP) is 2.74. The van der Waals surface area contributed by atoms with Crippen LogP contribution in [0.2, 0.25) is 0 Å². The van der Waals surface area contributed by atoms with Crippen LogP contribution >= 0.6 is 0 Å². The van der Waals surface area contributed by atoms with E-state index < -0.39 is 17.7 Å². The number of carbonyl (C=O) groups is 2. The molecule has 0 fully saturated rings. The first-order valence-electron chi connectivity index (χ1n) is 7.72. The maximum atomic E-state index is 12.3. The Morgan fingerprint density at radius 1 is 1.30 bits per heavy atom. The van der Waals surface area contributed by atoms with Gasteiger partial charge in [-0.3, -0.25) is 9.59 Å². The zero-order valence-corrected chi connectivity index (χ0v) is 14.0. The van der Waals surface area contributed by atoms with Crippen molar-refractivity contribution in [2.24, 2.45) is 0 Å². The van der Waals surface area contributed by atoms with Gasteiger partial charge in [-0.1, -0.05) is 38.1 Å². The van der Waals surface area contributed by atoms with Gasteiger partial charge >= 0.3 is 0 Å². The highest BCUT2D eigenvalue weighted by molar-refractivity contribution is 6.08. The quantitative estimate of drug-likeness (QED) is 0.876. The van der Waals surface area contributed by atoms with Crippen LogP contribution in [0.15, 0.2) is 35.6 Å². The van der Waals surface area contributed by atoms with E-state index in [1.807, 2.05) is 24.3 Å². The standard InChI is InChI=1S/C18H23NO4/c1-11(2)13-5-7-14(8-6-13)16-15(12(3)20)17(21)18(22)19(16)9-10-23-4/h5-8,11,16,21H,9-10H2,1-4H3/t16-/m0/s1. The summed E-state index contributed by atoms with van der Waals surface area (Å²) in [4.78, 5) is 25.7. The fourth-order valence-electron chi connectivity index (χ4n) is 2.84. The number of benzene rings is 1. The van der Waals surface area contributed by atoms with Gasteiger partial charge < -0.3 is 14.7 Å². The number of ether oxygens (including phenoxy) is 1. The Morgan fingerprint density at radius 2 is 1.91 bits per heavy atom. The molecule has 124 valence electrons. The summed E-state index contributed by atoms with van der Waals surface area (Å²) in [5.74, 6) is -0.875. The molecule has 0 unspecified atom stereocenters. The van der Waals surface area contributed by atoms with Gasteiger partial charge in [0.15, 0.2) is 11.5 Å². The van der Waals surface area contributed by atoms with Crippen molar-refractivity contribution in [2.75, 3.05) is 20.3 Å². The molecule has 0 aromatic heterocycles. The van der Waals surface area contributed by atoms with Gasteiger partial charge in [-0.2, -0.15) is 0 Å². The van der Waals surface area contributed by atoms with Crippen LogP contribution in [-0.2, 0) is 14.3 Å². The number of hydrogen-bond acceptors (Lipinski definition) is 4. The molecule has 1 aromatic rings. The fraction of sp³-hybridized carbons (Fsp3) is 0.444. The number of aliphatic hydroxyl groups is 1. The number of rotatable bonds is 6. The third-order valence-electron chi connectivity index (χ3n) is 4.14. The van der Waals surface area contributed by atoms with E-state index in [0.29, 0.717) is 19.1 Å². The lowest BCUT2D eigenvalue weighted by atomic mass is 9.94. The Kier molecular flexibility index (Phi) is 5.21. The summed E-state index contributed by atoms with van der Waals surface area (Å²) in [6, 6.07) is 7.25. The maximum absolute atomic E-state index is 12.3. The van der Waals surface area contributed by atoms with E-state index in [0.717, 1.165) is 5.56 Å². The van der Waals surface area contributed by atoms with Gasteiger partial charge in [0.2, 0.25) is 0 Å². The molecule has 0 spiro atoms.